The van der Waals surface area contributed by atoms with E-state index in [2.05, 4.69) is 6.92 Å². The van der Waals surface area contributed by atoms with Gasteiger partial charge >= 0.3 is 0 Å². The van der Waals surface area contributed by atoms with E-state index in [1.165, 1.54) is 0 Å². The number of unbranched alkanes of at least 4 members (excludes halogenated alkanes) is 1. The number of carbonyl (C=O) groups excluding carboxylic acids is 2. The third-order valence-electron chi connectivity index (χ3n) is 2.01. The SMILES string of the molecule is CCCCC(CC(C)=O)C(C)=O. The highest BCUT2D eigenvalue weighted by atomic mass is 16.1. The fourth-order valence-corrected chi connectivity index (χ4v) is 1.25. The van der Waals surface area contributed by atoms with Crippen molar-refractivity contribution in [3.63, 3.8) is 0 Å². The van der Waals surface area contributed by atoms with Crippen molar-refractivity contribution >= 4 is 11.6 Å². The molecule has 0 saturated heterocycles. The van der Waals surface area contributed by atoms with Gasteiger partial charge in [0.05, 0.1) is 0 Å². The zero-order valence-corrected chi connectivity index (χ0v) is 8.22. The number of hydrogen-bond donors (Lipinski definition) is 0. The van der Waals surface area contributed by atoms with Crippen LogP contribution in [0.15, 0.2) is 0 Å². The summed E-state index contributed by atoms with van der Waals surface area (Å²) in [5.41, 5.74) is 0. The Morgan fingerprint density at radius 1 is 1.25 bits per heavy atom. The topological polar surface area (TPSA) is 34.1 Å². The maximum Gasteiger partial charge on any atom is 0.133 e. The van der Waals surface area contributed by atoms with Gasteiger partial charge < -0.3 is 4.79 Å². The Bertz CT molecular complexity index is 161. The second kappa shape index (κ2) is 5.92. The first-order valence-corrected chi connectivity index (χ1v) is 4.57. The molecule has 0 aliphatic heterocycles. The third kappa shape index (κ3) is 5.05. The molecule has 0 aromatic carbocycles. The first-order chi connectivity index (χ1) is 5.57. The van der Waals surface area contributed by atoms with Crippen LogP contribution < -0.4 is 0 Å². The highest BCUT2D eigenvalue weighted by molar-refractivity contribution is 5.85. The van der Waals surface area contributed by atoms with Crippen molar-refractivity contribution in [2.75, 3.05) is 0 Å². The van der Waals surface area contributed by atoms with Gasteiger partial charge in [-0.25, -0.2) is 0 Å². The molecule has 0 aliphatic rings. The minimum atomic E-state index is -0.0255. The van der Waals surface area contributed by atoms with Crippen LogP contribution in [0.5, 0.6) is 0 Å². The number of Topliss-reactive ketones (excluding diaryl/α,β-unsaturated/α-hetero) is 2. The second-order valence-corrected chi connectivity index (χ2v) is 3.36. The van der Waals surface area contributed by atoms with E-state index in [0.29, 0.717) is 6.42 Å². The molecule has 0 aromatic heterocycles. The molecule has 70 valence electrons. The molecular weight excluding hydrogens is 152 g/mol. The lowest BCUT2D eigenvalue weighted by Crippen LogP contribution is -2.14. The van der Waals surface area contributed by atoms with Crippen molar-refractivity contribution < 1.29 is 9.59 Å². The van der Waals surface area contributed by atoms with Crippen LogP contribution in [0, 0.1) is 5.92 Å². The monoisotopic (exact) mass is 170 g/mol. The van der Waals surface area contributed by atoms with Crippen molar-refractivity contribution in [3.05, 3.63) is 0 Å². The average molecular weight is 170 g/mol. The van der Waals surface area contributed by atoms with Gasteiger partial charge in [-0.15, -0.1) is 0 Å². The maximum atomic E-state index is 11.0. The summed E-state index contributed by atoms with van der Waals surface area (Å²) >= 11 is 0. The van der Waals surface area contributed by atoms with E-state index in [4.69, 9.17) is 0 Å². The Kier molecular flexibility index (Phi) is 5.60. The summed E-state index contributed by atoms with van der Waals surface area (Å²) in [4.78, 5) is 21.8. The van der Waals surface area contributed by atoms with Crippen LogP contribution >= 0.6 is 0 Å². The van der Waals surface area contributed by atoms with Crippen molar-refractivity contribution in [1.29, 1.82) is 0 Å². The van der Waals surface area contributed by atoms with Gasteiger partial charge in [-0.2, -0.15) is 0 Å². The van der Waals surface area contributed by atoms with E-state index in [1.807, 2.05) is 0 Å². The Hall–Kier alpha value is -0.660. The Morgan fingerprint density at radius 2 is 1.83 bits per heavy atom. The standard InChI is InChI=1S/C10H18O2/c1-4-5-6-10(9(3)12)7-8(2)11/h10H,4-7H2,1-3H3. The second-order valence-electron chi connectivity index (χ2n) is 3.36. The molecule has 0 amide bonds. The summed E-state index contributed by atoms with van der Waals surface area (Å²) in [6.07, 6.45) is 3.42. The molecule has 2 heteroatoms. The number of ketones is 2. The summed E-state index contributed by atoms with van der Waals surface area (Å²) in [5, 5.41) is 0. The van der Waals surface area contributed by atoms with Crippen molar-refractivity contribution in [2.45, 2.75) is 46.5 Å². The molecule has 0 aromatic rings. The molecule has 0 fully saturated rings. The molecular formula is C10H18O2. The largest absolute Gasteiger partial charge is 0.300 e. The van der Waals surface area contributed by atoms with E-state index < -0.39 is 0 Å². The maximum absolute atomic E-state index is 11.0. The molecule has 1 atom stereocenters. The van der Waals surface area contributed by atoms with Gasteiger partial charge in [-0.1, -0.05) is 19.8 Å². The van der Waals surface area contributed by atoms with Gasteiger partial charge in [-0.05, 0) is 20.3 Å². The van der Waals surface area contributed by atoms with Gasteiger partial charge in [0, 0.05) is 12.3 Å². The van der Waals surface area contributed by atoms with Gasteiger partial charge in [0.2, 0.25) is 0 Å². The van der Waals surface area contributed by atoms with Crippen LogP contribution in [-0.4, -0.2) is 11.6 Å². The predicted octanol–water partition coefficient (Wildman–Crippen LogP) is 2.36. The van der Waals surface area contributed by atoms with Gasteiger partial charge in [0.25, 0.3) is 0 Å². The average Bonchev–Trinajstić information content (AvgIpc) is 1.96. The molecule has 0 heterocycles. The lowest BCUT2D eigenvalue weighted by Gasteiger charge is -2.10. The summed E-state index contributed by atoms with van der Waals surface area (Å²) < 4.78 is 0. The van der Waals surface area contributed by atoms with Crippen LogP contribution in [0.4, 0.5) is 0 Å². The molecule has 0 spiro atoms. The molecule has 12 heavy (non-hydrogen) atoms. The Labute approximate surface area is 74.3 Å². The Morgan fingerprint density at radius 3 is 2.17 bits per heavy atom. The fourth-order valence-electron chi connectivity index (χ4n) is 1.25. The van der Waals surface area contributed by atoms with Crippen molar-refractivity contribution in [1.82, 2.24) is 0 Å². The molecule has 0 radical (unpaired) electrons. The van der Waals surface area contributed by atoms with E-state index in [-0.39, 0.29) is 17.5 Å². The van der Waals surface area contributed by atoms with E-state index in [9.17, 15) is 9.59 Å². The summed E-state index contributed by atoms with van der Waals surface area (Å²) in [6.45, 7) is 5.20. The minimum Gasteiger partial charge on any atom is -0.300 e. The highest BCUT2D eigenvalue weighted by Crippen LogP contribution is 2.14. The van der Waals surface area contributed by atoms with E-state index in [0.717, 1.165) is 19.3 Å². The molecule has 0 aliphatic carbocycles. The normalized spacial score (nSPS) is 12.6. The molecule has 0 rings (SSSR count). The Balaban J connectivity index is 3.87. The highest BCUT2D eigenvalue weighted by Gasteiger charge is 2.14. The summed E-state index contributed by atoms with van der Waals surface area (Å²) in [6, 6.07) is 0. The predicted molar refractivity (Wildman–Crippen MR) is 49.0 cm³/mol. The zero-order chi connectivity index (χ0) is 9.56. The van der Waals surface area contributed by atoms with Crippen LogP contribution in [0.3, 0.4) is 0 Å². The van der Waals surface area contributed by atoms with Gasteiger partial charge in [0.15, 0.2) is 0 Å². The number of carbonyl (C=O) groups is 2. The van der Waals surface area contributed by atoms with Crippen LogP contribution in [0.25, 0.3) is 0 Å². The van der Waals surface area contributed by atoms with Crippen molar-refractivity contribution in [3.8, 4) is 0 Å². The molecule has 1 unspecified atom stereocenters. The van der Waals surface area contributed by atoms with Crippen LogP contribution in [-0.2, 0) is 9.59 Å². The number of hydrogen-bond acceptors (Lipinski definition) is 2. The van der Waals surface area contributed by atoms with Gasteiger partial charge in [0.1, 0.15) is 11.6 Å². The smallest absolute Gasteiger partial charge is 0.133 e. The summed E-state index contributed by atoms with van der Waals surface area (Å²) in [7, 11) is 0. The molecule has 0 bridgehead atoms. The number of rotatable bonds is 6. The lowest BCUT2D eigenvalue weighted by molar-refractivity contribution is -0.126. The molecule has 2 nitrogen and oxygen atoms in total. The van der Waals surface area contributed by atoms with Gasteiger partial charge in [-0.3, -0.25) is 4.79 Å². The fraction of sp³-hybridized carbons (Fsp3) is 0.800. The third-order valence-corrected chi connectivity index (χ3v) is 2.01. The quantitative estimate of drug-likeness (QED) is 0.613. The summed E-state index contributed by atoms with van der Waals surface area (Å²) in [5.74, 6) is 0.243. The first-order valence-electron chi connectivity index (χ1n) is 4.57. The zero-order valence-electron chi connectivity index (χ0n) is 8.22. The minimum absolute atomic E-state index is 0.0255. The van der Waals surface area contributed by atoms with Crippen LogP contribution in [0.1, 0.15) is 46.5 Å². The lowest BCUT2D eigenvalue weighted by atomic mass is 9.93. The van der Waals surface area contributed by atoms with E-state index >= 15 is 0 Å². The van der Waals surface area contributed by atoms with Crippen molar-refractivity contribution in [2.24, 2.45) is 5.92 Å². The first kappa shape index (κ1) is 11.3. The van der Waals surface area contributed by atoms with Crippen LogP contribution in [0.2, 0.25) is 0 Å². The molecule has 0 N–H and O–H groups in total. The van der Waals surface area contributed by atoms with E-state index in [1.54, 1.807) is 13.8 Å². The molecule has 0 saturated carbocycles.